The molecule has 4 nitrogen and oxygen atoms in total. The number of anilines is 3. The summed E-state index contributed by atoms with van der Waals surface area (Å²) < 4.78 is 27.2. The van der Waals surface area contributed by atoms with Crippen LogP contribution in [0.1, 0.15) is 5.56 Å². The largest absolute Gasteiger partial charge is 0.371 e. The minimum Gasteiger partial charge on any atom is -0.371 e. The standard InChI is InChI=1S/C14H12F2N4/c1-18-13-11(15)7-12(16)14(19-13)20(2)10-5-3-9(8-17)4-6-10/h3-7H,1-2H3,(H,18,19). The molecule has 0 amide bonds. The molecule has 1 aromatic carbocycles. The van der Waals surface area contributed by atoms with Gasteiger partial charge in [-0.1, -0.05) is 0 Å². The zero-order valence-electron chi connectivity index (χ0n) is 11.0. The third-order valence-electron chi connectivity index (χ3n) is 2.85. The van der Waals surface area contributed by atoms with Crippen molar-refractivity contribution in [3.8, 4) is 6.07 Å². The first kappa shape index (κ1) is 13.7. The monoisotopic (exact) mass is 274 g/mol. The first-order valence-corrected chi connectivity index (χ1v) is 5.84. The van der Waals surface area contributed by atoms with E-state index in [-0.39, 0.29) is 11.6 Å². The molecule has 0 spiro atoms. The number of nitriles is 1. The van der Waals surface area contributed by atoms with Crippen molar-refractivity contribution in [3.05, 3.63) is 47.5 Å². The molecule has 2 aromatic rings. The average Bonchev–Trinajstić information content (AvgIpc) is 2.47. The van der Waals surface area contributed by atoms with E-state index in [0.29, 0.717) is 11.3 Å². The van der Waals surface area contributed by atoms with E-state index in [1.165, 1.54) is 11.9 Å². The zero-order valence-corrected chi connectivity index (χ0v) is 11.0. The quantitative estimate of drug-likeness (QED) is 0.934. The van der Waals surface area contributed by atoms with Gasteiger partial charge in [-0.3, -0.25) is 0 Å². The molecule has 0 radical (unpaired) electrons. The van der Waals surface area contributed by atoms with Crippen LogP contribution in [0, 0.1) is 23.0 Å². The Morgan fingerprint density at radius 2 is 1.85 bits per heavy atom. The second kappa shape index (κ2) is 5.53. The van der Waals surface area contributed by atoms with Crippen LogP contribution in [0.5, 0.6) is 0 Å². The molecular weight excluding hydrogens is 262 g/mol. The smallest absolute Gasteiger partial charge is 0.171 e. The van der Waals surface area contributed by atoms with Crippen LogP contribution < -0.4 is 10.2 Å². The zero-order chi connectivity index (χ0) is 14.7. The van der Waals surface area contributed by atoms with E-state index in [1.807, 2.05) is 6.07 Å². The van der Waals surface area contributed by atoms with Crippen molar-refractivity contribution in [1.29, 1.82) is 5.26 Å². The van der Waals surface area contributed by atoms with Crippen LogP contribution >= 0.6 is 0 Å². The predicted octanol–water partition coefficient (Wildman–Crippen LogP) is 3.04. The summed E-state index contributed by atoms with van der Waals surface area (Å²) in [6.07, 6.45) is 0. The van der Waals surface area contributed by atoms with Gasteiger partial charge in [0.1, 0.15) is 0 Å². The van der Waals surface area contributed by atoms with E-state index in [4.69, 9.17) is 5.26 Å². The molecule has 0 atom stereocenters. The molecule has 0 bridgehead atoms. The van der Waals surface area contributed by atoms with Gasteiger partial charge >= 0.3 is 0 Å². The van der Waals surface area contributed by atoms with E-state index in [2.05, 4.69) is 10.3 Å². The van der Waals surface area contributed by atoms with Crippen molar-refractivity contribution >= 4 is 17.3 Å². The molecule has 1 heterocycles. The molecule has 0 fully saturated rings. The summed E-state index contributed by atoms with van der Waals surface area (Å²) in [6, 6.07) is 9.36. The number of pyridine rings is 1. The number of rotatable bonds is 3. The van der Waals surface area contributed by atoms with Crippen molar-refractivity contribution in [2.75, 3.05) is 24.3 Å². The minimum atomic E-state index is -0.756. The number of hydrogen-bond donors (Lipinski definition) is 1. The summed E-state index contributed by atoms with van der Waals surface area (Å²) in [5, 5.41) is 11.3. The van der Waals surface area contributed by atoms with Gasteiger partial charge < -0.3 is 10.2 Å². The van der Waals surface area contributed by atoms with Gasteiger partial charge in [0.15, 0.2) is 23.3 Å². The number of nitrogens with one attached hydrogen (secondary N) is 1. The van der Waals surface area contributed by atoms with Crippen LogP contribution in [0.4, 0.5) is 26.1 Å². The van der Waals surface area contributed by atoms with Crippen LogP contribution in [0.25, 0.3) is 0 Å². The Morgan fingerprint density at radius 1 is 1.20 bits per heavy atom. The fraction of sp³-hybridized carbons (Fsp3) is 0.143. The molecule has 0 saturated heterocycles. The van der Waals surface area contributed by atoms with Crippen LogP contribution in [-0.2, 0) is 0 Å². The molecule has 2 rings (SSSR count). The molecule has 1 N–H and O–H groups in total. The van der Waals surface area contributed by atoms with Gasteiger partial charge in [-0.05, 0) is 24.3 Å². The highest BCUT2D eigenvalue weighted by molar-refractivity contribution is 5.62. The lowest BCUT2D eigenvalue weighted by Crippen LogP contribution is -2.14. The Labute approximate surface area is 115 Å². The van der Waals surface area contributed by atoms with Crippen molar-refractivity contribution in [3.63, 3.8) is 0 Å². The lowest BCUT2D eigenvalue weighted by Gasteiger charge is -2.19. The summed E-state index contributed by atoms with van der Waals surface area (Å²) in [5.41, 5.74) is 1.15. The van der Waals surface area contributed by atoms with Crippen molar-refractivity contribution in [2.45, 2.75) is 0 Å². The summed E-state index contributed by atoms with van der Waals surface area (Å²) in [7, 11) is 3.12. The van der Waals surface area contributed by atoms with Crippen molar-refractivity contribution in [1.82, 2.24) is 4.98 Å². The number of hydrogen-bond acceptors (Lipinski definition) is 4. The molecule has 6 heteroatoms. The molecule has 0 unspecified atom stereocenters. The van der Waals surface area contributed by atoms with Crippen molar-refractivity contribution in [2.24, 2.45) is 0 Å². The van der Waals surface area contributed by atoms with E-state index in [0.717, 1.165) is 6.07 Å². The third-order valence-corrected chi connectivity index (χ3v) is 2.85. The Kier molecular flexibility index (Phi) is 3.80. The maximum Gasteiger partial charge on any atom is 0.171 e. The SMILES string of the molecule is CNc1nc(N(C)c2ccc(C#N)cc2)c(F)cc1F. The maximum absolute atomic E-state index is 13.8. The van der Waals surface area contributed by atoms with E-state index < -0.39 is 11.6 Å². The first-order valence-electron chi connectivity index (χ1n) is 5.84. The molecule has 0 saturated carbocycles. The molecule has 102 valence electrons. The highest BCUT2D eigenvalue weighted by Gasteiger charge is 2.15. The summed E-state index contributed by atoms with van der Waals surface area (Å²) in [4.78, 5) is 5.39. The van der Waals surface area contributed by atoms with Crippen LogP contribution in [-0.4, -0.2) is 19.1 Å². The average molecular weight is 274 g/mol. The number of benzene rings is 1. The van der Waals surface area contributed by atoms with Crippen LogP contribution in [0.3, 0.4) is 0 Å². The van der Waals surface area contributed by atoms with E-state index >= 15 is 0 Å². The van der Waals surface area contributed by atoms with Crippen molar-refractivity contribution < 1.29 is 8.78 Å². The topological polar surface area (TPSA) is 52.0 Å². The molecule has 1 aromatic heterocycles. The second-order valence-electron chi connectivity index (χ2n) is 4.09. The Bertz CT molecular complexity index is 662. The maximum atomic E-state index is 13.8. The minimum absolute atomic E-state index is 0.000424. The van der Waals surface area contributed by atoms with Gasteiger partial charge in [-0.25, -0.2) is 13.8 Å². The highest BCUT2D eigenvalue weighted by atomic mass is 19.1. The number of halogens is 2. The van der Waals surface area contributed by atoms with Crippen LogP contribution in [0.15, 0.2) is 30.3 Å². The third kappa shape index (κ3) is 2.52. The molecular formula is C14H12F2N4. The number of aromatic nitrogens is 1. The summed E-state index contributed by atoms with van der Waals surface area (Å²) in [6.45, 7) is 0. The van der Waals surface area contributed by atoms with Gasteiger partial charge in [-0.15, -0.1) is 0 Å². The van der Waals surface area contributed by atoms with Gasteiger partial charge in [0, 0.05) is 25.8 Å². The predicted molar refractivity (Wildman–Crippen MR) is 72.9 cm³/mol. The highest BCUT2D eigenvalue weighted by Crippen LogP contribution is 2.27. The Balaban J connectivity index is 2.42. The Hall–Kier alpha value is -2.68. The normalized spacial score (nSPS) is 9.95. The fourth-order valence-corrected chi connectivity index (χ4v) is 1.75. The summed E-state index contributed by atoms with van der Waals surface area (Å²) in [5.74, 6) is -1.53. The van der Waals surface area contributed by atoms with Gasteiger partial charge in [-0.2, -0.15) is 5.26 Å². The number of nitrogens with zero attached hydrogens (tertiary/aromatic N) is 3. The van der Waals surface area contributed by atoms with Gasteiger partial charge in [0.2, 0.25) is 0 Å². The van der Waals surface area contributed by atoms with E-state index in [9.17, 15) is 8.78 Å². The van der Waals surface area contributed by atoms with Gasteiger partial charge in [0.05, 0.1) is 11.6 Å². The Morgan fingerprint density at radius 3 is 2.40 bits per heavy atom. The lowest BCUT2D eigenvalue weighted by atomic mass is 10.2. The van der Waals surface area contributed by atoms with E-state index in [1.54, 1.807) is 31.3 Å². The second-order valence-corrected chi connectivity index (χ2v) is 4.09. The van der Waals surface area contributed by atoms with Gasteiger partial charge in [0.25, 0.3) is 0 Å². The molecule has 0 aliphatic rings. The fourth-order valence-electron chi connectivity index (χ4n) is 1.75. The lowest BCUT2D eigenvalue weighted by molar-refractivity contribution is 0.577. The summed E-state index contributed by atoms with van der Waals surface area (Å²) >= 11 is 0. The molecule has 20 heavy (non-hydrogen) atoms. The van der Waals surface area contributed by atoms with Crippen LogP contribution in [0.2, 0.25) is 0 Å². The molecule has 0 aliphatic heterocycles. The first-order chi connectivity index (χ1) is 9.56. The molecule has 0 aliphatic carbocycles.